The Morgan fingerprint density at radius 2 is 2.00 bits per heavy atom. The number of rotatable bonds is 8. The van der Waals surface area contributed by atoms with Gasteiger partial charge in [0, 0.05) is 25.8 Å². The van der Waals surface area contributed by atoms with E-state index in [1.165, 1.54) is 12.8 Å². The normalized spacial score (nSPS) is 15.0. The third kappa shape index (κ3) is 5.21. The van der Waals surface area contributed by atoms with Crippen molar-refractivity contribution in [3.05, 3.63) is 23.8 Å². The summed E-state index contributed by atoms with van der Waals surface area (Å²) in [5, 5.41) is 3.33. The molecule has 1 aromatic rings. The molecule has 21 heavy (non-hydrogen) atoms. The molecule has 2 N–H and O–H groups in total. The van der Waals surface area contributed by atoms with Gasteiger partial charge in [-0.05, 0) is 50.4 Å². The summed E-state index contributed by atoms with van der Waals surface area (Å²) >= 11 is 0. The highest BCUT2D eigenvalue weighted by molar-refractivity contribution is 7.92. The van der Waals surface area contributed by atoms with Crippen LogP contribution >= 0.6 is 0 Å². The van der Waals surface area contributed by atoms with Gasteiger partial charge in [0.25, 0.3) is 0 Å². The van der Waals surface area contributed by atoms with Crippen LogP contribution in [-0.4, -0.2) is 40.9 Å². The Bertz CT molecular complexity index is 581. The van der Waals surface area contributed by atoms with Crippen molar-refractivity contribution in [3.63, 3.8) is 0 Å². The minimum Gasteiger partial charge on any atom is -0.377 e. The lowest BCUT2D eigenvalue weighted by molar-refractivity contribution is 0.593. The first-order valence-corrected chi connectivity index (χ1v) is 9.04. The lowest BCUT2D eigenvalue weighted by Gasteiger charge is -2.17. The molecule has 1 aliphatic rings. The first kappa shape index (κ1) is 16.1. The molecule has 1 aliphatic carbocycles. The van der Waals surface area contributed by atoms with E-state index in [1.807, 2.05) is 44.1 Å². The fourth-order valence-corrected chi connectivity index (χ4v) is 3.35. The summed E-state index contributed by atoms with van der Waals surface area (Å²) in [6, 6.07) is 6.24. The monoisotopic (exact) mass is 311 g/mol. The maximum Gasteiger partial charge on any atom is 0.232 e. The van der Waals surface area contributed by atoms with Crippen LogP contribution < -0.4 is 14.9 Å². The molecule has 2 rings (SSSR count). The Morgan fingerprint density at radius 3 is 2.62 bits per heavy atom. The Hall–Kier alpha value is -1.27. The Morgan fingerprint density at radius 1 is 1.29 bits per heavy atom. The topological polar surface area (TPSA) is 61.4 Å². The lowest BCUT2D eigenvalue weighted by atomic mass is 10.2. The average molecular weight is 311 g/mol. The van der Waals surface area contributed by atoms with E-state index in [-0.39, 0.29) is 5.75 Å². The summed E-state index contributed by atoms with van der Waals surface area (Å²) in [6.07, 6.45) is 3.08. The van der Waals surface area contributed by atoms with Crippen LogP contribution in [0, 0.1) is 6.92 Å². The van der Waals surface area contributed by atoms with Crippen LogP contribution in [0.4, 0.5) is 11.4 Å². The molecule has 0 bridgehead atoms. The van der Waals surface area contributed by atoms with Crippen molar-refractivity contribution in [2.24, 2.45) is 0 Å². The molecule has 0 radical (unpaired) electrons. The molecule has 1 fully saturated rings. The maximum atomic E-state index is 12.1. The Balaban J connectivity index is 1.90. The predicted molar refractivity (Wildman–Crippen MR) is 88.6 cm³/mol. The van der Waals surface area contributed by atoms with E-state index < -0.39 is 10.0 Å². The highest BCUT2D eigenvalue weighted by atomic mass is 32.2. The van der Waals surface area contributed by atoms with Gasteiger partial charge in [-0.15, -0.1) is 0 Å². The number of aryl methyl sites for hydroxylation is 1. The van der Waals surface area contributed by atoms with Crippen LogP contribution in [-0.2, 0) is 10.0 Å². The smallest absolute Gasteiger partial charge is 0.232 e. The van der Waals surface area contributed by atoms with Gasteiger partial charge in [0.2, 0.25) is 10.0 Å². The van der Waals surface area contributed by atoms with E-state index in [0.717, 1.165) is 17.8 Å². The predicted octanol–water partition coefficient (Wildman–Crippen LogP) is 1.94. The van der Waals surface area contributed by atoms with E-state index in [9.17, 15) is 8.42 Å². The van der Waals surface area contributed by atoms with Crippen molar-refractivity contribution in [1.29, 1.82) is 0 Å². The molecule has 6 heteroatoms. The maximum absolute atomic E-state index is 12.1. The number of hydrogen-bond acceptors (Lipinski definition) is 4. The largest absolute Gasteiger partial charge is 0.377 e. The molecule has 1 saturated carbocycles. The Labute approximate surface area is 127 Å². The van der Waals surface area contributed by atoms with Crippen LogP contribution in [0.25, 0.3) is 0 Å². The molecule has 0 heterocycles. The molecule has 0 saturated heterocycles. The molecule has 0 aliphatic heterocycles. The highest BCUT2D eigenvalue weighted by Crippen LogP contribution is 2.23. The first-order chi connectivity index (χ1) is 9.87. The number of sulfonamides is 1. The second kappa shape index (κ2) is 6.66. The minimum absolute atomic E-state index is 0.151. The quantitative estimate of drug-likeness (QED) is 0.720. The summed E-state index contributed by atoms with van der Waals surface area (Å²) in [7, 11) is 0.621. The molecule has 0 atom stereocenters. The molecule has 118 valence electrons. The number of anilines is 2. The summed E-state index contributed by atoms with van der Waals surface area (Å²) in [5.41, 5.74) is 2.77. The molecule has 0 spiro atoms. The summed E-state index contributed by atoms with van der Waals surface area (Å²) in [6.45, 7) is 2.78. The molecular weight excluding hydrogens is 286 g/mol. The number of hydrogen-bond donors (Lipinski definition) is 2. The third-order valence-corrected chi connectivity index (χ3v) is 4.94. The zero-order valence-corrected chi connectivity index (χ0v) is 13.8. The van der Waals surface area contributed by atoms with Gasteiger partial charge in [0.05, 0.1) is 11.4 Å². The molecule has 5 nitrogen and oxygen atoms in total. The minimum atomic E-state index is -3.28. The van der Waals surface area contributed by atoms with Crippen molar-refractivity contribution in [3.8, 4) is 0 Å². The van der Waals surface area contributed by atoms with Crippen molar-refractivity contribution < 1.29 is 8.42 Å². The standard InChI is InChI=1S/C15H25N3O2S/c1-12-5-6-14(11-15(12)18(2)3)17-21(19,20)10-4-9-16-13-7-8-13/h5-6,11,13,16-17H,4,7-10H2,1-3H3. The first-order valence-electron chi connectivity index (χ1n) is 7.39. The number of nitrogens with one attached hydrogen (secondary N) is 2. The van der Waals surface area contributed by atoms with Gasteiger partial charge in [0.15, 0.2) is 0 Å². The van der Waals surface area contributed by atoms with Crippen LogP contribution in [0.5, 0.6) is 0 Å². The summed E-state index contributed by atoms with van der Waals surface area (Å²) in [4.78, 5) is 1.98. The van der Waals surface area contributed by atoms with Gasteiger partial charge in [-0.1, -0.05) is 6.07 Å². The van der Waals surface area contributed by atoms with E-state index in [1.54, 1.807) is 0 Å². The molecule has 0 amide bonds. The summed E-state index contributed by atoms with van der Waals surface area (Å²) < 4.78 is 26.8. The van der Waals surface area contributed by atoms with Gasteiger partial charge in [-0.3, -0.25) is 4.72 Å². The highest BCUT2D eigenvalue weighted by Gasteiger charge is 2.20. The summed E-state index contributed by atoms with van der Waals surface area (Å²) in [5.74, 6) is 0.151. The van der Waals surface area contributed by atoms with Gasteiger partial charge in [-0.2, -0.15) is 0 Å². The van der Waals surface area contributed by atoms with Gasteiger partial charge >= 0.3 is 0 Å². The fourth-order valence-electron chi connectivity index (χ4n) is 2.24. The van der Waals surface area contributed by atoms with Crippen LogP contribution in [0.3, 0.4) is 0 Å². The van der Waals surface area contributed by atoms with Crippen LogP contribution in [0.1, 0.15) is 24.8 Å². The second-order valence-electron chi connectivity index (χ2n) is 5.90. The Kier molecular flexibility index (Phi) is 5.11. The van der Waals surface area contributed by atoms with Crippen LogP contribution in [0.15, 0.2) is 18.2 Å². The number of nitrogens with zero attached hydrogens (tertiary/aromatic N) is 1. The fraction of sp³-hybridized carbons (Fsp3) is 0.600. The average Bonchev–Trinajstić information content (AvgIpc) is 3.20. The second-order valence-corrected chi connectivity index (χ2v) is 7.74. The zero-order valence-electron chi connectivity index (χ0n) is 13.0. The van der Waals surface area contributed by atoms with E-state index in [2.05, 4.69) is 10.0 Å². The van der Waals surface area contributed by atoms with E-state index >= 15 is 0 Å². The van der Waals surface area contributed by atoms with Crippen LogP contribution in [0.2, 0.25) is 0 Å². The van der Waals surface area contributed by atoms with E-state index in [4.69, 9.17) is 0 Å². The zero-order chi connectivity index (χ0) is 15.5. The number of benzene rings is 1. The molecule has 1 aromatic carbocycles. The van der Waals surface area contributed by atoms with E-state index in [0.29, 0.717) is 18.2 Å². The van der Waals surface area contributed by atoms with Gasteiger partial charge < -0.3 is 10.2 Å². The molecule has 0 unspecified atom stereocenters. The van der Waals surface area contributed by atoms with Crippen molar-refractivity contribution in [2.45, 2.75) is 32.2 Å². The SMILES string of the molecule is Cc1ccc(NS(=O)(=O)CCCNC2CC2)cc1N(C)C. The van der Waals surface area contributed by atoms with Gasteiger partial charge in [-0.25, -0.2) is 8.42 Å². The van der Waals surface area contributed by atoms with Gasteiger partial charge in [0.1, 0.15) is 0 Å². The lowest BCUT2D eigenvalue weighted by Crippen LogP contribution is -2.23. The third-order valence-electron chi connectivity index (χ3n) is 3.56. The van der Waals surface area contributed by atoms with Crippen molar-refractivity contribution in [2.75, 3.05) is 36.0 Å². The van der Waals surface area contributed by atoms with Crippen molar-refractivity contribution in [1.82, 2.24) is 5.32 Å². The molecular formula is C15H25N3O2S. The molecule has 0 aromatic heterocycles. The van der Waals surface area contributed by atoms with Crippen molar-refractivity contribution >= 4 is 21.4 Å².